The van der Waals surface area contributed by atoms with Crippen LogP contribution in [0.2, 0.25) is 0 Å². The number of hydrogen-bond acceptors (Lipinski definition) is 1. The molecule has 0 aliphatic carbocycles. The SMILES string of the molecule is C=C/C=C(\C=C/CC)NC(=O)c1c(-c2ccccc2)c(-c2ccc(F)cc2)n(CC)c1C(C)C. The van der Waals surface area contributed by atoms with E-state index in [2.05, 4.69) is 37.2 Å². The number of allylic oxidation sites excluding steroid dienone is 4. The van der Waals surface area contributed by atoms with Crippen molar-refractivity contribution in [3.05, 3.63) is 108 Å². The Kier molecular flexibility index (Phi) is 8.42. The number of nitrogens with zero attached hydrogens (tertiary/aromatic N) is 1. The molecule has 0 aliphatic rings. The number of carbonyl (C=O) groups is 1. The molecule has 0 aliphatic heterocycles. The molecule has 0 saturated heterocycles. The van der Waals surface area contributed by atoms with E-state index in [4.69, 9.17) is 0 Å². The second-order valence-electron chi connectivity index (χ2n) is 8.38. The molecule has 1 aromatic heterocycles. The molecule has 0 atom stereocenters. The summed E-state index contributed by atoms with van der Waals surface area (Å²) in [6.07, 6.45) is 8.21. The number of aromatic nitrogens is 1. The zero-order chi connectivity index (χ0) is 24.7. The fraction of sp³-hybridized carbons (Fsp3) is 0.233. The average Bonchev–Trinajstić information content (AvgIpc) is 3.19. The summed E-state index contributed by atoms with van der Waals surface area (Å²) in [4.78, 5) is 13.9. The normalized spacial score (nSPS) is 11.9. The number of halogens is 1. The van der Waals surface area contributed by atoms with Crippen LogP contribution in [0.25, 0.3) is 22.4 Å². The largest absolute Gasteiger partial charge is 0.343 e. The highest BCUT2D eigenvalue weighted by Gasteiger charge is 2.30. The third-order valence-corrected chi connectivity index (χ3v) is 5.66. The molecule has 2 aromatic carbocycles. The first kappa shape index (κ1) is 25.0. The van der Waals surface area contributed by atoms with Crippen LogP contribution in [0, 0.1) is 5.82 Å². The average molecular weight is 457 g/mol. The molecule has 1 heterocycles. The molecule has 0 radical (unpaired) electrons. The summed E-state index contributed by atoms with van der Waals surface area (Å²) in [7, 11) is 0. The Labute approximate surface area is 202 Å². The van der Waals surface area contributed by atoms with Gasteiger partial charge in [-0.3, -0.25) is 4.79 Å². The summed E-state index contributed by atoms with van der Waals surface area (Å²) in [6, 6.07) is 16.4. The van der Waals surface area contributed by atoms with Crippen molar-refractivity contribution in [1.29, 1.82) is 0 Å². The highest BCUT2D eigenvalue weighted by Crippen LogP contribution is 2.42. The number of benzene rings is 2. The number of rotatable bonds is 9. The van der Waals surface area contributed by atoms with Crippen LogP contribution in [0.5, 0.6) is 0 Å². The lowest BCUT2D eigenvalue weighted by Gasteiger charge is -2.15. The number of amides is 1. The summed E-state index contributed by atoms with van der Waals surface area (Å²) in [5.41, 5.74) is 5.87. The fourth-order valence-corrected chi connectivity index (χ4v) is 4.29. The smallest absolute Gasteiger partial charge is 0.258 e. The van der Waals surface area contributed by atoms with Gasteiger partial charge < -0.3 is 9.88 Å². The van der Waals surface area contributed by atoms with E-state index < -0.39 is 0 Å². The Morgan fingerprint density at radius 3 is 2.29 bits per heavy atom. The maximum absolute atomic E-state index is 13.9. The van der Waals surface area contributed by atoms with Crippen LogP contribution >= 0.6 is 0 Å². The summed E-state index contributed by atoms with van der Waals surface area (Å²) >= 11 is 0. The van der Waals surface area contributed by atoms with Crippen LogP contribution in [0.4, 0.5) is 4.39 Å². The highest BCUT2D eigenvalue weighted by molar-refractivity contribution is 6.07. The number of carbonyl (C=O) groups excluding carboxylic acids is 1. The Balaban J connectivity index is 2.34. The van der Waals surface area contributed by atoms with Gasteiger partial charge in [0, 0.05) is 23.5 Å². The maximum Gasteiger partial charge on any atom is 0.258 e. The van der Waals surface area contributed by atoms with Crippen molar-refractivity contribution in [1.82, 2.24) is 9.88 Å². The monoisotopic (exact) mass is 456 g/mol. The lowest BCUT2D eigenvalue weighted by atomic mass is 9.94. The van der Waals surface area contributed by atoms with E-state index in [1.165, 1.54) is 12.1 Å². The molecular formula is C30H33FN2O. The first-order valence-corrected chi connectivity index (χ1v) is 11.8. The van der Waals surface area contributed by atoms with Gasteiger partial charge in [0.15, 0.2) is 0 Å². The molecule has 0 fully saturated rings. The topological polar surface area (TPSA) is 34.0 Å². The van der Waals surface area contributed by atoms with Crippen molar-refractivity contribution in [2.75, 3.05) is 0 Å². The summed E-state index contributed by atoms with van der Waals surface area (Å²) in [5, 5.41) is 3.09. The number of nitrogens with one attached hydrogen (secondary N) is 1. The van der Waals surface area contributed by atoms with Gasteiger partial charge in [0.05, 0.1) is 11.3 Å². The van der Waals surface area contributed by atoms with Crippen LogP contribution in [0.3, 0.4) is 0 Å². The second-order valence-corrected chi connectivity index (χ2v) is 8.38. The van der Waals surface area contributed by atoms with Crippen LogP contribution in [-0.4, -0.2) is 10.5 Å². The minimum absolute atomic E-state index is 0.0929. The zero-order valence-corrected chi connectivity index (χ0v) is 20.4. The van der Waals surface area contributed by atoms with Crippen molar-refractivity contribution in [3.63, 3.8) is 0 Å². The third-order valence-electron chi connectivity index (χ3n) is 5.66. The minimum Gasteiger partial charge on any atom is -0.343 e. The molecule has 0 bridgehead atoms. The first-order chi connectivity index (χ1) is 16.4. The molecular weight excluding hydrogens is 423 g/mol. The molecule has 4 heteroatoms. The second kappa shape index (κ2) is 11.5. The molecule has 3 nitrogen and oxygen atoms in total. The summed E-state index contributed by atoms with van der Waals surface area (Å²) < 4.78 is 16.0. The van der Waals surface area contributed by atoms with Gasteiger partial charge in [-0.2, -0.15) is 0 Å². The Morgan fingerprint density at radius 2 is 1.74 bits per heavy atom. The molecule has 176 valence electrons. The lowest BCUT2D eigenvalue weighted by molar-refractivity contribution is 0.0966. The van der Waals surface area contributed by atoms with E-state index in [-0.39, 0.29) is 17.6 Å². The summed E-state index contributed by atoms with van der Waals surface area (Å²) in [5.74, 6) is -0.370. The fourth-order valence-electron chi connectivity index (χ4n) is 4.29. The van der Waals surface area contributed by atoms with E-state index in [1.807, 2.05) is 49.4 Å². The van der Waals surface area contributed by atoms with Crippen molar-refractivity contribution in [2.24, 2.45) is 0 Å². The van der Waals surface area contributed by atoms with E-state index in [0.717, 1.165) is 34.5 Å². The minimum atomic E-state index is -0.288. The predicted molar refractivity (Wildman–Crippen MR) is 140 cm³/mol. The van der Waals surface area contributed by atoms with Crippen molar-refractivity contribution in [2.45, 2.75) is 46.6 Å². The van der Waals surface area contributed by atoms with E-state index >= 15 is 0 Å². The Morgan fingerprint density at radius 1 is 1.06 bits per heavy atom. The van der Waals surface area contributed by atoms with Crippen molar-refractivity contribution >= 4 is 5.91 Å². The van der Waals surface area contributed by atoms with Crippen LogP contribution < -0.4 is 5.32 Å². The zero-order valence-electron chi connectivity index (χ0n) is 20.4. The molecule has 34 heavy (non-hydrogen) atoms. The van der Waals surface area contributed by atoms with Crippen molar-refractivity contribution in [3.8, 4) is 22.4 Å². The Bertz CT molecular complexity index is 1200. The quantitative estimate of drug-likeness (QED) is 0.327. The van der Waals surface area contributed by atoms with E-state index in [9.17, 15) is 9.18 Å². The molecule has 0 saturated carbocycles. The van der Waals surface area contributed by atoms with Crippen LogP contribution in [-0.2, 0) is 6.54 Å². The van der Waals surface area contributed by atoms with E-state index in [1.54, 1.807) is 24.3 Å². The third kappa shape index (κ3) is 5.28. The van der Waals surface area contributed by atoms with E-state index in [0.29, 0.717) is 17.8 Å². The van der Waals surface area contributed by atoms with Gasteiger partial charge in [-0.15, -0.1) is 0 Å². The first-order valence-electron chi connectivity index (χ1n) is 11.8. The van der Waals surface area contributed by atoms with Crippen molar-refractivity contribution < 1.29 is 9.18 Å². The van der Waals surface area contributed by atoms with Gasteiger partial charge >= 0.3 is 0 Å². The van der Waals surface area contributed by atoms with Gasteiger partial charge in [0.25, 0.3) is 5.91 Å². The lowest BCUT2D eigenvalue weighted by Crippen LogP contribution is -2.24. The maximum atomic E-state index is 13.9. The molecule has 0 spiro atoms. The highest BCUT2D eigenvalue weighted by atomic mass is 19.1. The standard InChI is InChI=1S/C30H33FN2O/c1-6-9-16-25(13-7-2)32-30(34)27-26(22-14-11-10-12-15-22)29(23-17-19-24(31)20-18-23)33(8-3)28(27)21(4)5/h7,9-21H,2,6,8H2,1,3-5H3,(H,32,34)/b16-9-,25-13+. The summed E-state index contributed by atoms with van der Waals surface area (Å²) in [6.45, 7) is 12.8. The number of hydrogen-bond donors (Lipinski definition) is 1. The molecule has 0 unspecified atom stereocenters. The van der Waals surface area contributed by atoms with Gasteiger partial charge in [0.2, 0.25) is 0 Å². The van der Waals surface area contributed by atoms with Crippen LogP contribution in [0.1, 0.15) is 56.1 Å². The van der Waals surface area contributed by atoms with Gasteiger partial charge in [-0.1, -0.05) is 69.8 Å². The molecule has 3 aromatic rings. The molecule has 1 amide bonds. The van der Waals surface area contributed by atoms with Gasteiger partial charge in [-0.25, -0.2) is 4.39 Å². The Hall–Kier alpha value is -3.66. The van der Waals surface area contributed by atoms with Gasteiger partial charge in [0.1, 0.15) is 5.82 Å². The molecule has 3 rings (SSSR count). The molecule has 1 N–H and O–H groups in total. The van der Waals surface area contributed by atoms with Crippen LogP contribution in [0.15, 0.2) is 91.2 Å². The van der Waals surface area contributed by atoms with Gasteiger partial charge in [-0.05, 0) is 66.8 Å². The predicted octanol–water partition coefficient (Wildman–Crippen LogP) is 7.87.